The molecular weight excluding hydrogens is 356 g/mol. The standard InChI is InChI=1S/C22H28N2O4/c1-22(14-23,17-9-10-17)24-21(25)16-11-18(26-2)20(19(12-16)27-3)28-13-15-7-5-4-6-8-15/h4-8,11-12,17H,9-10,13-14,23H2,1-3H3,(H,24,25). The molecule has 3 rings (SSSR count). The second-order valence-electron chi connectivity index (χ2n) is 7.33. The summed E-state index contributed by atoms with van der Waals surface area (Å²) in [7, 11) is 3.08. The first-order chi connectivity index (χ1) is 13.5. The Morgan fingerprint density at radius 1 is 1.14 bits per heavy atom. The number of hydrogen-bond acceptors (Lipinski definition) is 5. The van der Waals surface area contributed by atoms with Gasteiger partial charge in [0.1, 0.15) is 6.61 Å². The van der Waals surface area contributed by atoms with E-state index >= 15 is 0 Å². The average molecular weight is 384 g/mol. The maximum atomic E-state index is 12.9. The van der Waals surface area contributed by atoms with Gasteiger partial charge in [0.25, 0.3) is 5.91 Å². The molecule has 0 heterocycles. The van der Waals surface area contributed by atoms with Crippen LogP contribution in [0.4, 0.5) is 0 Å². The topological polar surface area (TPSA) is 82.8 Å². The summed E-state index contributed by atoms with van der Waals surface area (Å²) >= 11 is 0. The van der Waals surface area contributed by atoms with Crippen LogP contribution in [-0.2, 0) is 6.61 Å². The van der Waals surface area contributed by atoms with Gasteiger partial charge in [-0.3, -0.25) is 4.79 Å². The minimum atomic E-state index is -0.403. The fraction of sp³-hybridized carbons (Fsp3) is 0.409. The van der Waals surface area contributed by atoms with Crippen LogP contribution in [0.3, 0.4) is 0 Å². The van der Waals surface area contributed by atoms with Crippen molar-refractivity contribution in [1.29, 1.82) is 0 Å². The molecule has 28 heavy (non-hydrogen) atoms. The van der Waals surface area contributed by atoms with Crippen molar-refractivity contribution in [1.82, 2.24) is 5.32 Å². The van der Waals surface area contributed by atoms with E-state index < -0.39 is 5.54 Å². The highest BCUT2D eigenvalue weighted by Gasteiger charge is 2.41. The summed E-state index contributed by atoms with van der Waals surface area (Å²) in [5.74, 6) is 1.58. The van der Waals surface area contributed by atoms with Gasteiger partial charge in [-0.05, 0) is 43.4 Å². The minimum absolute atomic E-state index is 0.203. The molecule has 1 aliphatic carbocycles. The molecule has 3 N–H and O–H groups in total. The molecule has 1 aliphatic rings. The summed E-state index contributed by atoms with van der Waals surface area (Å²) in [6.45, 7) is 2.76. The lowest BCUT2D eigenvalue weighted by Crippen LogP contribution is -2.53. The molecule has 0 bridgehead atoms. The number of carbonyl (C=O) groups is 1. The predicted molar refractivity (Wildman–Crippen MR) is 108 cm³/mol. The van der Waals surface area contributed by atoms with Crippen LogP contribution in [0.2, 0.25) is 0 Å². The van der Waals surface area contributed by atoms with E-state index in [9.17, 15) is 4.79 Å². The van der Waals surface area contributed by atoms with Crippen molar-refractivity contribution in [3.8, 4) is 17.2 Å². The number of benzene rings is 2. The van der Waals surface area contributed by atoms with Gasteiger partial charge in [0.15, 0.2) is 11.5 Å². The Balaban J connectivity index is 1.82. The maximum Gasteiger partial charge on any atom is 0.252 e. The molecule has 0 radical (unpaired) electrons. The van der Waals surface area contributed by atoms with E-state index in [1.165, 1.54) is 0 Å². The van der Waals surface area contributed by atoms with E-state index in [1.807, 2.05) is 37.3 Å². The number of nitrogens with one attached hydrogen (secondary N) is 1. The third-order valence-corrected chi connectivity index (χ3v) is 5.25. The number of amides is 1. The van der Waals surface area contributed by atoms with E-state index in [0.29, 0.717) is 41.9 Å². The lowest BCUT2D eigenvalue weighted by atomic mass is 9.95. The molecule has 6 nitrogen and oxygen atoms in total. The highest BCUT2D eigenvalue weighted by molar-refractivity contribution is 5.96. The van der Waals surface area contributed by atoms with Crippen molar-refractivity contribution >= 4 is 5.91 Å². The summed E-state index contributed by atoms with van der Waals surface area (Å²) in [5, 5.41) is 3.09. The SMILES string of the molecule is COc1cc(C(=O)NC(C)(CN)C2CC2)cc(OC)c1OCc1ccccc1. The van der Waals surface area contributed by atoms with Gasteiger partial charge in [-0.2, -0.15) is 0 Å². The van der Waals surface area contributed by atoms with Crippen LogP contribution in [0.15, 0.2) is 42.5 Å². The van der Waals surface area contributed by atoms with Crippen LogP contribution < -0.4 is 25.3 Å². The van der Waals surface area contributed by atoms with Crippen LogP contribution in [0, 0.1) is 5.92 Å². The minimum Gasteiger partial charge on any atom is -0.493 e. The van der Waals surface area contributed by atoms with Crippen molar-refractivity contribution in [2.24, 2.45) is 11.7 Å². The lowest BCUT2D eigenvalue weighted by Gasteiger charge is -2.29. The van der Waals surface area contributed by atoms with E-state index in [0.717, 1.165) is 18.4 Å². The van der Waals surface area contributed by atoms with Crippen molar-refractivity contribution in [2.75, 3.05) is 20.8 Å². The van der Waals surface area contributed by atoms with E-state index in [2.05, 4.69) is 5.32 Å². The average Bonchev–Trinajstić information content (AvgIpc) is 3.58. The van der Waals surface area contributed by atoms with Crippen molar-refractivity contribution in [3.63, 3.8) is 0 Å². The zero-order valence-electron chi connectivity index (χ0n) is 16.7. The molecular formula is C22H28N2O4. The molecule has 1 unspecified atom stereocenters. The molecule has 0 aliphatic heterocycles. The molecule has 1 amide bonds. The fourth-order valence-electron chi connectivity index (χ4n) is 3.25. The van der Waals surface area contributed by atoms with Gasteiger partial charge in [-0.15, -0.1) is 0 Å². The van der Waals surface area contributed by atoms with Crippen LogP contribution in [0.1, 0.15) is 35.7 Å². The van der Waals surface area contributed by atoms with Gasteiger partial charge < -0.3 is 25.3 Å². The molecule has 150 valence electrons. The number of hydrogen-bond donors (Lipinski definition) is 2. The second-order valence-corrected chi connectivity index (χ2v) is 7.33. The van der Waals surface area contributed by atoms with Gasteiger partial charge in [0.2, 0.25) is 5.75 Å². The highest BCUT2D eigenvalue weighted by atomic mass is 16.5. The van der Waals surface area contributed by atoms with Crippen LogP contribution in [0.5, 0.6) is 17.2 Å². The van der Waals surface area contributed by atoms with Gasteiger partial charge in [0, 0.05) is 12.1 Å². The molecule has 0 spiro atoms. The Morgan fingerprint density at radius 3 is 2.25 bits per heavy atom. The smallest absolute Gasteiger partial charge is 0.252 e. The Hall–Kier alpha value is -2.73. The molecule has 1 atom stereocenters. The van der Waals surface area contributed by atoms with Crippen LogP contribution in [0.25, 0.3) is 0 Å². The summed E-state index contributed by atoms with van der Waals surface area (Å²) in [5.41, 5.74) is 6.99. The number of nitrogens with two attached hydrogens (primary N) is 1. The maximum absolute atomic E-state index is 12.9. The monoisotopic (exact) mass is 384 g/mol. The molecule has 1 fully saturated rings. The molecule has 1 saturated carbocycles. The molecule has 2 aromatic rings. The second kappa shape index (κ2) is 8.52. The Bertz CT molecular complexity index is 796. The normalized spacial score (nSPS) is 15.4. The third kappa shape index (κ3) is 4.39. The lowest BCUT2D eigenvalue weighted by molar-refractivity contribution is 0.0897. The Morgan fingerprint density at radius 2 is 1.75 bits per heavy atom. The third-order valence-electron chi connectivity index (χ3n) is 5.25. The molecule has 6 heteroatoms. The van der Waals surface area contributed by atoms with Crippen LogP contribution >= 0.6 is 0 Å². The first-order valence-corrected chi connectivity index (χ1v) is 9.46. The zero-order valence-corrected chi connectivity index (χ0v) is 16.7. The Labute approximate surface area is 166 Å². The van der Waals surface area contributed by atoms with Crippen LogP contribution in [-0.4, -0.2) is 32.2 Å². The van der Waals surface area contributed by atoms with Crippen molar-refractivity contribution < 1.29 is 19.0 Å². The summed E-state index contributed by atoms with van der Waals surface area (Å²) in [6.07, 6.45) is 2.18. The zero-order chi connectivity index (χ0) is 20.1. The Kier molecular flexibility index (Phi) is 6.09. The van der Waals surface area contributed by atoms with E-state index in [1.54, 1.807) is 26.4 Å². The molecule has 2 aromatic carbocycles. The number of carbonyl (C=O) groups excluding carboxylic acids is 1. The highest BCUT2D eigenvalue weighted by Crippen LogP contribution is 2.41. The van der Waals surface area contributed by atoms with E-state index in [-0.39, 0.29) is 5.91 Å². The largest absolute Gasteiger partial charge is 0.493 e. The number of ether oxygens (including phenoxy) is 3. The predicted octanol–water partition coefficient (Wildman–Crippen LogP) is 3.14. The van der Waals surface area contributed by atoms with Gasteiger partial charge >= 0.3 is 0 Å². The summed E-state index contributed by atoms with van der Waals surface area (Å²) in [4.78, 5) is 12.9. The first-order valence-electron chi connectivity index (χ1n) is 9.46. The quantitative estimate of drug-likeness (QED) is 0.694. The molecule has 0 aromatic heterocycles. The number of rotatable bonds is 9. The van der Waals surface area contributed by atoms with Gasteiger partial charge in [0.05, 0.1) is 19.8 Å². The number of methoxy groups -OCH3 is 2. The van der Waals surface area contributed by atoms with Crippen molar-refractivity contribution in [3.05, 3.63) is 53.6 Å². The molecule has 0 saturated heterocycles. The fourth-order valence-corrected chi connectivity index (χ4v) is 3.25. The van der Waals surface area contributed by atoms with Crippen molar-refractivity contribution in [2.45, 2.75) is 31.9 Å². The van der Waals surface area contributed by atoms with Gasteiger partial charge in [-0.25, -0.2) is 0 Å². The summed E-state index contributed by atoms with van der Waals surface area (Å²) < 4.78 is 16.9. The van der Waals surface area contributed by atoms with E-state index in [4.69, 9.17) is 19.9 Å². The first kappa shape index (κ1) is 20.0. The van der Waals surface area contributed by atoms with Gasteiger partial charge in [-0.1, -0.05) is 30.3 Å². The summed E-state index contributed by atoms with van der Waals surface area (Å²) in [6, 6.07) is 13.2.